The summed E-state index contributed by atoms with van der Waals surface area (Å²) in [7, 11) is 4.19. The third-order valence-electron chi connectivity index (χ3n) is 3.51. The summed E-state index contributed by atoms with van der Waals surface area (Å²) in [4.78, 5) is 2.17. The third kappa shape index (κ3) is 2.49. The van der Waals surface area contributed by atoms with Crippen molar-refractivity contribution in [3.05, 3.63) is 23.8 Å². The van der Waals surface area contributed by atoms with Crippen LogP contribution in [0.2, 0.25) is 0 Å². The number of anilines is 2. The second-order valence-corrected chi connectivity index (χ2v) is 5.07. The largest absolute Gasteiger partial charge is 0.385 e. The van der Waals surface area contributed by atoms with Crippen LogP contribution in [0.5, 0.6) is 0 Å². The summed E-state index contributed by atoms with van der Waals surface area (Å²) in [6.07, 6.45) is 4.22. The number of aryl methyl sites for hydroxylation is 1. The highest BCUT2D eigenvalue weighted by Crippen LogP contribution is 2.27. The molecule has 16 heavy (non-hydrogen) atoms. The Bertz CT molecular complexity index is 354. The maximum atomic E-state index is 3.54. The van der Waals surface area contributed by atoms with Gasteiger partial charge in [-0.1, -0.05) is 12.5 Å². The van der Waals surface area contributed by atoms with E-state index in [1.807, 2.05) is 0 Å². The molecule has 0 aliphatic heterocycles. The number of hydrogen-bond donors (Lipinski definition) is 1. The molecule has 1 fully saturated rings. The molecule has 1 aliphatic rings. The van der Waals surface area contributed by atoms with E-state index in [1.54, 1.807) is 0 Å². The number of nitrogens with zero attached hydrogens (tertiary/aromatic N) is 1. The molecular weight excluding hydrogens is 196 g/mol. The van der Waals surface area contributed by atoms with Gasteiger partial charge in [0.15, 0.2) is 0 Å². The van der Waals surface area contributed by atoms with Crippen molar-refractivity contribution in [3.8, 4) is 0 Å². The van der Waals surface area contributed by atoms with E-state index in [0.29, 0.717) is 0 Å². The van der Waals surface area contributed by atoms with Crippen LogP contribution in [-0.2, 0) is 0 Å². The van der Waals surface area contributed by atoms with Gasteiger partial charge in [-0.15, -0.1) is 0 Å². The molecule has 1 aromatic carbocycles. The summed E-state index contributed by atoms with van der Waals surface area (Å²) in [5.74, 6) is 0.907. The summed E-state index contributed by atoms with van der Waals surface area (Å²) < 4.78 is 0. The average molecular weight is 218 g/mol. The summed E-state index contributed by atoms with van der Waals surface area (Å²) >= 11 is 0. The molecule has 88 valence electrons. The molecule has 1 aromatic rings. The zero-order chi connectivity index (χ0) is 11.5. The topological polar surface area (TPSA) is 15.3 Å². The second-order valence-electron chi connectivity index (χ2n) is 5.07. The molecule has 0 atom stereocenters. The SMILES string of the molecule is Cc1ccc(NCC2CCC2)cc1N(C)C. The first-order valence-corrected chi connectivity index (χ1v) is 6.18. The molecule has 0 spiro atoms. The van der Waals surface area contributed by atoms with Crippen LogP contribution in [0.25, 0.3) is 0 Å². The van der Waals surface area contributed by atoms with Crippen LogP contribution in [0, 0.1) is 12.8 Å². The Morgan fingerprint density at radius 2 is 2.06 bits per heavy atom. The van der Waals surface area contributed by atoms with Gasteiger partial charge in [0, 0.05) is 32.0 Å². The first kappa shape index (κ1) is 11.3. The van der Waals surface area contributed by atoms with E-state index < -0.39 is 0 Å². The zero-order valence-corrected chi connectivity index (χ0v) is 10.6. The lowest BCUT2D eigenvalue weighted by molar-refractivity contribution is 0.333. The van der Waals surface area contributed by atoms with Crippen LogP contribution < -0.4 is 10.2 Å². The Labute approximate surface area is 98.7 Å². The van der Waals surface area contributed by atoms with Gasteiger partial charge >= 0.3 is 0 Å². The standard InChI is InChI=1S/C14H22N2/c1-11-7-8-13(9-14(11)16(2)3)15-10-12-5-4-6-12/h7-9,12,15H,4-6,10H2,1-3H3. The summed E-state index contributed by atoms with van der Waals surface area (Å²) in [6, 6.07) is 6.62. The molecule has 1 saturated carbocycles. The summed E-state index contributed by atoms with van der Waals surface area (Å²) in [5, 5.41) is 3.54. The normalized spacial score (nSPS) is 15.7. The minimum Gasteiger partial charge on any atom is -0.385 e. The van der Waals surface area contributed by atoms with Crippen molar-refractivity contribution in [2.45, 2.75) is 26.2 Å². The van der Waals surface area contributed by atoms with Crippen LogP contribution in [-0.4, -0.2) is 20.6 Å². The average Bonchev–Trinajstić information content (AvgIpc) is 2.17. The Kier molecular flexibility index (Phi) is 3.37. The maximum Gasteiger partial charge on any atom is 0.0411 e. The van der Waals surface area contributed by atoms with E-state index in [9.17, 15) is 0 Å². The Hall–Kier alpha value is -1.18. The second kappa shape index (κ2) is 4.77. The Morgan fingerprint density at radius 1 is 1.31 bits per heavy atom. The Morgan fingerprint density at radius 3 is 2.62 bits per heavy atom. The van der Waals surface area contributed by atoms with Crippen molar-refractivity contribution < 1.29 is 0 Å². The highest BCUT2D eigenvalue weighted by Gasteiger charge is 2.16. The van der Waals surface area contributed by atoms with Crippen LogP contribution >= 0.6 is 0 Å². The molecule has 0 bridgehead atoms. The zero-order valence-electron chi connectivity index (χ0n) is 10.6. The predicted molar refractivity (Wildman–Crippen MR) is 71.3 cm³/mol. The lowest BCUT2D eigenvalue weighted by atomic mass is 9.85. The van der Waals surface area contributed by atoms with Crippen LogP contribution in [0.15, 0.2) is 18.2 Å². The fourth-order valence-corrected chi connectivity index (χ4v) is 2.16. The summed E-state index contributed by atoms with van der Waals surface area (Å²) in [6.45, 7) is 3.29. The van der Waals surface area contributed by atoms with Gasteiger partial charge in [-0.25, -0.2) is 0 Å². The highest BCUT2D eigenvalue weighted by molar-refractivity contribution is 5.61. The van der Waals surface area contributed by atoms with E-state index in [-0.39, 0.29) is 0 Å². The van der Waals surface area contributed by atoms with Gasteiger partial charge in [0.1, 0.15) is 0 Å². The van der Waals surface area contributed by atoms with Gasteiger partial charge < -0.3 is 10.2 Å². The predicted octanol–water partition coefficient (Wildman–Crippen LogP) is 3.27. The van der Waals surface area contributed by atoms with Crippen molar-refractivity contribution in [2.75, 3.05) is 30.9 Å². The van der Waals surface area contributed by atoms with Gasteiger partial charge in [0.25, 0.3) is 0 Å². The molecular formula is C14H22N2. The van der Waals surface area contributed by atoms with Gasteiger partial charge in [0.2, 0.25) is 0 Å². The monoisotopic (exact) mass is 218 g/mol. The lowest BCUT2D eigenvalue weighted by Gasteiger charge is -2.26. The molecule has 0 heterocycles. The van der Waals surface area contributed by atoms with E-state index in [4.69, 9.17) is 0 Å². The van der Waals surface area contributed by atoms with E-state index in [2.05, 4.69) is 49.4 Å². The number of hydrogen-bond acceptors (Lipinski definition) is 2. The fraction of sp³-hybridized carbons (Fsp3) is 0.571. The minimum atomic E-state index is 0.907. The maximum absolute atomic E-state index is 3.54. The van der Waals surface area contributed by atoms with Crippen LogP contribution in [0.4, 0.5) is 11.4 Å². The minimum absolute atomic E-state index is 0.907. The number of nitrogens with one attached hydrogen (secondary N) is 1. The van der Waals surface area contributed by atoms with Crippen molar-refractivity contribution in [1.29, 1.82) is 0 Å². The first-order chi connectivity index (χ1) is 7.66. The quantitative estimate of drug-likeness (QED) is 0.834. The molecule has 2 nitrogen and oxygen atoms in total. The van der Waals surface area contributed by atoms with Gasteiger partial charge in [-0.05, 0) is 43.4 Å². The molecule has 0 radical (unpaired) electrons. The fourth-order valence-electron chi connectivity index (χ4n) is 2.16. The molecule has 1 aliphatic carbocycles. The van der Waals surface area contributed by atoms with Crippen LogP contribution in [0.3, 0.4) is 0 Å². The van der Waals surface area contributed by atoms with Crippen molar-refractivity contribution in [2.24, 2.45) is 5.92 Å². The van der Waals surface area contributed by atoms with E-state index in [0.717, 1.165) is 12.5 Å². The van der Waals surface area contributed by atoms with Crippen molar-refractivity contribution in [1.82, 2.24) is 0 Å². The Balaban J connectivity index is 2.00. The molecule has 1 N–H and O–H groups in total. The molecule has 0 unspecified atom stereocenters. The molecule has 2 heteroatoms. The van der Waals surface area contributed by atoms with E-state index in [1.165, 1.54) is 36.2 Å². The lowest BCUT2D eigenvalue weighted by Crippen LogP contribution is -2.21. The smallest absolute Gasteiger partial charge is 0.0411 e. The molecule has 0 aromatic heterocycles. The van der Waals surface area contributed by atoms with Gasteiger partial charge in [0.05, 0.1) is 0 Å². The first-order valence-electron chi connectivity index (χ1n) is 6.18. The molecule has 2 rings (SSSR count). The molecule has 0 saturated heterocycles. The van der Waals surface area contributed by atoms with Gasteiger partial charge in [-0.2, -0.15) is 0 Å². The van der Waals surface area contributed by atoms with Crippen molar-refractivity contribution >= 4 is 11.4 Å². The summed E-state index contributed by atoms with van der Waals surface area (Å²) in [5.41, 5.74) is 3.89. The number of rotatable bonds is 4. The highest BCUT2D eigenvalue weighted by atomic mass is 15.1. The molecule has 0 amide bonds. The van der Waals surface area contributed by atoms with Gasteiger partial charge in [-0.3, -0.25) is 0 Å². The third-order valence-corrected chi connectivity index (χ3v) is 3.51. The van der Waals surface area contributed by atoms with Crippen LogP contribution in [0.1, 0.15) is 24.8 Å². The van der Waals surface area contributed by atoms with E-state index >= 15 is 0 Å². The number of benzene rings is 1. The van der Waals surface area contributed by atoms with Crippen molar-refractivity contribution in [3.63, 3.8) is 0 Å².